The second-order valence-corrected chi connectivity index (χ2v) is 9.08. The molecule has 0 saturated heterocycles. The van der Waals surface area contributed by atoms with E-state index in [1.165, 1.54) is 0 Å². The third-order valence-corrected chi connectivity index (χ3v) is 7.58. The summed E-state index contributed by atoms with van der Waals surface area (Å²) in [6.07, 6.45) is 6.64. The normalized spacial score (nSPS) is 27.5. The molecule has 1 aromatic carbocycles. The van der Waals surface area contributed by atoms with Crippen molar-refractivity contribution in [1.29, 1.82) is 0 Å². The quantitative estimate of drug-likeness (QED) is 0.665. The molecule has 2 fully saturated rings. The first-order valence-corrected chi connectivity index (χ1v) is 10.4. The third kappa shape index (κ3) is 2.56. The van der Waals surface area contributed by atoms with Crippen LogP contribution in [0.4, 0.5) is 0 Å². The Labute approximate surface area is 161 Å². The standard InChI is InChI=1S/C20H20ClN3OS/c21-15-5-1-2-6-16(15)26-12-14-4-3-11-24-17(14)22-23-18(24)19-7-9-20(25,13-19)10-8-19/h1-6,11,25H,7-10,12-13H2. The van der Waals surface area contributed by atoms with Crippen LogP contribution in [0.25, 0.3) is 5.65 Å². The minimum absolute atomic E-state index is 0.0112. The first kappa shape index (κ1) is 16.6. The van der Waals surface area contributed by atoms with E-state index in [1.807, 2.05) is 24.3 Å². The van der Waals surface area contributed by atoms with Gasteiger partial charge in [-0.05, 0) is 50.3 Å². The van der Waals surface area contributed by atoms with Gasteiger partial charge in [0.1, 0.15) is 5.82 Å². The monoisotopic (exact) mass is 385 g/mol. The predicted molar refractivity (Wildman–Crippen MR) is 104 cm³/mol. The molecule has 2 aliphatic carbocycles. The molecule has 0 spiro atoms. The summed E-state index contributed by atoms with van der Waals surface area (Å²) < 4.78 is 2.14. The van der Waals surface area contributed by atoms with E-state index in [4.69, 9.17) is 11.6 Å². The number of aromatic nitrogens is 3. The molecule has 134 valence electrons. The van der Waals surface area contributed by atoms with Crippen molar-refractivity contribution in [3.8, 4) is 0 Å². The summed E-state index contributed by atoms with van der Waals surface area (Å²) in [5.74, 6) is 1.81. The fourth-order valence-electron chi connectivity index (χ4n) is 4.64. The first-order chi connectivity index (χ1) is 12.6. The average Bonchev–Trinajstić information content (AvgIpc) is 3.32. The van der Waals surface area contributed by atoms with Crippen molar-refractivity contribution in [2.75, 3.05) is 0 Å². The summed E-state index contributed by atoms with van der Waals surface area (Å²) in [6.45, 7) is 0. The number of nitrogens with zero attached hydrogens (tertiary/aromatic N) is 3. The highest BCUT2D eigenvalue weighted by molar-refractivity contribution is 7.98. The second-order valence-electron chi connectivity index (χ2n) is 7.65. The van der Waals surface area contributed by atoms with Crippen LogP contribution in [0.3, 0.4) is 0 Å². The van der Waals surface area contributed by atoms with Gasteiger partial charge in [0.15, 0.2) is 5.65 Å². The molecule has 6 heteroatoms. The van der Waals surface area contributed by atoms with Gasteiger partial charge >= 0.3 is 0 Å². The van der Waals surface area contributed by atoms with Crippen LogP contribution in [0.5, 0.6) is 0 Å². The van der Waals surface area contributed by atoms with E-state index in [0.29, 0.717) is 0 Å². The number of pyridine rings is 1. The lowest BCUT2D eigenvalue weighted by atomic mass is 9.83. The molecular weight excluding hydrogens is 366 g/mol. The molecule has 26 heavy (non-hydrogen) atoms. The van der Waals surface area contributed by atoms with Crippen LogP contribution in [-0.2, 0) is 11.2 Å². The van der Waals surface area contributed by atoms with Crippen molar-refractivity contribution in [1.82, 2.24) is 14.6 Å². The minimum Gasteiger partial charge on any atom is -0.390 e. The van der Waals surface area contributed by atoms with Crippen LogP contribution in [-0.4, -0.2) is 25.3 Å². The molecule has 3 aromatic rings. The maximum Gasteiger partial charge on any atom is 0.164 e. The number of thioether (sulfide) groups is 1. The van der Waals surface area contributed by atoms with Gasteiger partial charge in [0, 0.05) is 27.8 Å². The van der Waals surface area contributed by atoms with Crippen molar-refractivity contribution in [2.45, 2.75) is 53.8 Å². The summed E-state index contributed by atoms with van der Waals surface area (Å²) in [6, 6.07) is 12.1. The molecule has 0 unspecified atom stereocenters. The van der Waals surface area contributed by atoms with Crippen molar-refractivity contribution in [3.05, 3.63) is 59.0 Å². The number of aliphatic hydroxyl groups is 1. The average molecular weight is 386 g/mol. The van der Waals surface area contributed by atoms with E-state index in [1.54, 1.807) is 11.8 Å². The molecule has 2 aliphatic rings. The SMILES string of the molecule is OC12CCC(c3nnc4c(CSc5ccccc5Cl)cccn34)(CC1)C2. The molecule has 5 rings (SSSR count). The molecule has 0 amide bonds. The van der Waals surface area contributed by atoms with Gasteiger partial charge in [-0.25, -0.2) is 0 Å². The number of hydrogen-bond acceptors (Lipinski definition) is 4. The highest BCUT2D eigenvalue weighted by Gasteiger charge is 2.56. The molecule has 2 saturated carbocycles. The summed E-state index contributed by atoms with van der Waals surface area (Å²) in [5, 5.41) is 20.5. The number of halogens is 1. The summed E-state index contributed by atoms with van der Waals surface area (Å²) in [4.78, 5) is 1.08. The van der Waals surface area contributed by atoms with Crippen molar-refractivity contribution >= 4 is 29.0 Å². The number of hydrogen-bond donors (Lipinski definition) is 1. The molecule has 4 nitrogen and oxygen atoms in total. The van der Waals surface area contributed by atoms with E-state index in [2.05, 4.69) is 32.9 Å². The van der Waals surface area contributed by atoms with Gasteiger partial charge in [-0.1, -0.05) is 29.8 Å². The number of rotatable bonds is 4. The van der Waals surface area contributed by atoms with Crippen LogP contribution in [0.2, 0.25) is 5.02 Å². The summed E-state index contributed by atoms with van der Waals surface area (Å²) in [7, 11) is 0. The zero-order chi connectivity index (χ0) is 17.8. The van der Waals surface area contributed by atoms with Crippen LogP contribution in [0.1, 0.15) is 43.5 Å². The van der Waals surface area contributed by atoms with E-state index in [0.717, 1.165) is 64.8 Å². The largest absolute Gasteiger partial charge is 0.390 e. The van der Waals surface area contributed by atoms with Crippen molar-refractivity contribution < 1.29 is 5.11 Å². The van der Waals surface area contributed by atoms with Crippen molar-refractivity contribution in [2.24, 2.45) is 0 Å². The van der Waals surface area contributed by atoms with E-state index in [9.17, 15) is 5.11 Å². The second kappa shape index (κ2) is 5.98. The Hall–Kier alpha value is -1.56. The van der Waals surface area contributed by atoms with Gasteiger partial charge < -0.3 is 5.11 Å². The molecule has 1 N–H and O–H groups in total. The highest BCUT2D eigenvalue weighted by Crippen LogP contribution is 2.57. The number of fused-ring (bicyclic) bond motifs is 3. The minimum atomic E-state index is -0.483. The fourth-order valence-corrected chi connectivity index (χ4v) is 5.86. The Kier molecular flexibility index (Phi) is 3.82. The first-order valence-electron chi connectivity index (χ1n) is 9.02. The topological polar surface area (TPSA) is 50.4 Å². The van der Waals surface area contributed by atoms with Gasteiger partial charge in [-0.2, -0.15) is 0 Å². The predicted octanol–water partition coefficient (Wildman–Crippen LogP) is 4.62. The van der Waals surface area contributed by atoms with Gasteiger partial charge in [0.2, 0.25) is 0 Å². The van der Waals surface area contributed by atoms with Crippen LogP contribution >= 0.6 is 23.4 Å². The fraction of sp³-hybridized carbons (Fsp3) is 0.400. The van der Waals surface area contributed by atoms with E-state index >= 15 is 0 Å². The van der Waals surface area contributed by atoms with Gasteiger partial charge in [-0.15, -0.1) is 22.0 Å². The maximum atomic E-state index is 10.6. The third-order valence-electron chi connectivity index (χ3n) is 6.02. The molecule has 0 aliphatic heterocycles. The zero-order valence-corrected chi connectivity index (χ0v) is 15.9. The lowest BCUT2D eigenvalue weighted by molar-refractivity contribution is 0.0521. The molecule has 2 aromatic heterocycles. The van der Waals surface area contributed by atoms with Crippen LogP contribution < -0.4 is 0 Å². The smallest absolute Gasteiger partial charge is 0.164 e. The van der Waals surface area contributed by atoms with E-state index in [-0.39, 0.29) is 5.41 Å². The Morgan fingerprint density at radius 1 is 1.08 bits per heavy atom. The number of benzene rings is 1. The lowest BCUT2D eigenvalue weighted by Crippen LogP contribution is -2.23. The molecule has 2 bridgehead atoms. The highest BCUT2D eigenvalue weighted by atomic mass is 35.5. The molecule has 0 radical (unpaired) electrons. The molecular formula is C20H20ClN3OS. The van der Waals surface area contributed by atoms with Gasteiger partial charge in [0.25, 0.3) is 0 Å². The summed E-state index contributed by atoms with van der Waals surface area (Å²) in [5.41, 5.74) is 1.57. The Balaban J connectivity index is 1.48. The van der Waals surface area contributed by atoms with Crippen LogP contribution in [0.15, 0.2) is 47.5 Å². The molecule has 0 atom stereocenters. The Morgan fingerprint density at radius 3 is 2.62 bits per heavy atom. The van der Waals surface area contributed by atoms with Crippen molar-refractivity contribution in [3.63, 3.8) is 0 Å². The van der Waals surface area contributed by atoms with Crippen LogP contribution in [0, 0.1) is 0 Å². The Bertz CT molecular complexity index is 978. The maximum absolute atomic E-state index is 10.6. The van der Waals surface area contributed by atoms with Gasteiger partial charge in [-0.3, -0.25) is 4.40 Å². The zero-order valence-electron chi connectivity index (χ0n) is 14.4. The van der Waals surface area contributed by atoms with E-state index < -0.39 is 5.60 Å². The summed E-state index contributed by atoms with van der Waals surface area (Å²) >= 11 is 7.99. The lowest BCUT2D eigenvalue weighted by Gasteiger charge is -2.24. The van der Waals surface area contributed by atoms with Gasteiger partial charge in [0.05, 0.1) is 10.6 Å². The Morgan fingerprint density at radius 2 is 1.88 bits per heavy atom. The molecule has 2 heterocycles.